The molecule has 1 N–H and O–H groups in total. The third-order valence-corrected chi connectivity index (χ3v) is 5.49. The van der Waals surface area contributed by atoms with E-state index in [4.69, 9.17) is 18.8 Å². The van der Waals surface area contributed by atoms with Crippen LogP contribution in [-0.2, 0) is 10.1 Å². The van der Waals surface area contributed by atoms with Gasteiger partial charge in [-0.15, -0.1) is 10.2 Å². The number of aryl methyl sites for hydroxylation is 1. The van der Waals surface area contributed by atoms with E-state index in [0.29, 0.717) is 40.9 Å². The Morgan fingerprint density at radius 3 is 1.76 bits per heavy atom. The predicted molar refractivity (Wildman–Crippen MR) is 127 cm³/mol. The lowest BCUT2D eigenvalue weighted by molar-refractivity contribution is 0.338. The molecule has 0 atom stereocenters. The Labute approximate surface area is 197 Å². The summed E-state index contributed by atoms with van der Waals surface area (Å²) in [4.78, 5) is -0.233. The minimum Gasteiger partial charge on any atom is -0.494 e. The highest BCUT2D eigenvalue weighted by Gasteiger charge is 2.12. The van der Waals surface area contributed by atoms with Crippen molar-refractivity contribution >= 4 is 32.9 Å². The van der Waals surface area contributed by atoms with Crippen LogP contribution >= 0.6 is 0 Å². The Morgan fingerprint density at radius 1 is 0.765 bits per heavy atom. The van der Waals surface area contributed by atoms with Gasteiger partial charge < -0.3 is 14.2 Å². The van der Waals surface area contributed by atoms with Gasteiger partial charge in [-0.2, -0.15) is 18.6 Å². The molecule has 34 heavy (non-hydrogen) atoms. The van der Waals surface area contributed by atoms with Crippen molar-refractivity contribution in [2.75, 3.05) is 20.8 Å². The van der Waals surface area contributed by atoms with Gasteiger partial charge in [0.25, 0.3) is 10.1 Å². The highest BCUT2D eigenvalue weighted by Crippen LogP contribution is 2.41. The SMILES string of the molecule is CCOc1ccc(N=Nc2cc(OC)c(N=Nc3ccc(S(=O)(=O)O)cc3)cc2OC)cc1C. The summed E-state index contributed by atoms with van der Waals surface area (Å²) >= 11 is 0. The van der Waals surface area contributed by atoms with Gasteiger partial charge in [-0.25, -0.2) is 0 Å². The molecule has 3 rings (SSSR count). The Hall–Kier alpha value is -3.83. The fourth-order valence-electron chi connectivity index (χ4n) is 2.94. The van der Waals surface area contributed by atoms with Gasteiger partial charge in [0.2, 0.25) is 0 Å². The number of ether oxygens (including phenoxy) is 3. The number of benzene rings is 3. The third kappa shape index (κ3) is 6.15. The van der Waals surface area contributed by atoms with Gasteiger partial charge in [-0.1, -0.05) is 0 Å². The van der Waals surface area contributed by atoms with Crippen molar-refractivity contribution in [3.63, 3.8) is 0 Å². The molecule has 0 fully saturated rings. The molecule has 0 aromatic heterocycles. The molecule has 0 saturated heterocycles. The van der Waals surface area contributed by atoms with Gasteiger partial charge in [0.1, 0.15) is 28.6 Å². The normalized spacial score (nSPS) is 11.8. The lowest BCUT2D eigenvalue weighted by Gasteiger charge is -2.09. The van der Waals surface area contributed by atoms with Gasteiger partial charge in [-0.3, -0.25) is 4.55 Å². The van der Waals surface area contributed by atoms with Crippen molar-refractivity contribution in [2.24, 2.45) is 20.5 Å². The molecule has 0 spiro atoms. The maximum absolute atomic E-state index is 11.2. The molecule has 0 aliphatic rings. The molecule has 3 aromatic rings. The van der Waals surface area contributed by atoms with Crippen molar-refractivity contribution in [1.29, 1.82) is 0 Å². The van der Waals surface area contributed by atoms with E-state index in [1.807, 2.05) is 26.0 Å². The van der Waals surface area contributed by atoms with E-state index in [2.05, 4.69) is 20.5 Å². The molecule has 0 aliphatic heterocycles. The number of hydrogen-bond acceptors (Lipinski definition) is 9. The molecule has 0 amide bonds. The van der Waals surface area contributed by atoms with Gasteiger partial charge >= 0.3 is 0 Å². The van der Waals surface area contributed by atoms with Gasteiger partial charge in [0, 0.05) is 12.1 Å². The van der Waals surface area contributed by atoms with Crippen LogP contribution in [0.5, 0.6) is 17.2 Å². The summed E-state index contributed by atoms with van der Waals surface area (Å²) in [7, 11) is -1.30. The molecule has 0 aliphatic carbocycles. The van der Waals surface area contributed by atoms with E-state index >= 15 is 0 Å². The fraction of sp³-hybridized carbons (Fsp3) is 0.217. The minimum absolute atomic E-state index is 0.233. The van der Waals surface area contributed by atoms with Crippen LogP contribution in [0.15, 0.2) is 79.9 Å². The van der Waals surface area contributed by atoms with Crippen molar-refractivity contribution in [3.05, 3.63) is 60.2 Å². The number of rotatable bonds is 9. The van der Waals surface area contributed by atoms with Crippen molar-refractivity contribution < 1.29 is 27.2 Å². The maximum atomic E-state index is 11.2. The number of nitrogens with zero attached hydrogens (tertiary/aromatic N) is 4. The molecular weight excluding hydrogens is 460 g/mol. The van der Waals surface area contributed by atoms with Crippen LogP contribution in [0, 0.1) is 6.92 Å². The van der Waals surface area contributed by atoms with Crippen LogP contribution in [0.25, 0.3) is 0 Å². The standard InChI is InChI=1S/C23H24N4O6S/c1-5-33-21-11-8-17(12-15(21)2)25-27-20-14-22(31-3)19(13-23(20)32-4)26-24-16-6-9-18(10-7-16)34(28,29)30/h6-14H,5H2,1-4H3,(H,28,29,30). The average molecular weight is 485 g/mol. The Kier molecular flexibility index (Phi) is 7.92. The van der Waals surface area contributed by atoms with Crippen LogP contribution in [0.3, 0.4) is 0 Å². The van der Waals surface area contributed by atoms with Crippen LogP contribution in [-0.4, -0.2) is 33.8 Å². The second-order valence-corrected chi connectivity index (χ2v) is 8.37. The van der Waals surface area contributed by atoms with Crippen LogP contribution < -0.4 is 14.2 Å². The summed E-state index contributed by atoms with van der Waals surface area (Å²) in [6.45, 7) is 4.44. The van der Waals surface area contributed by atoms with E-state index in [1.54, 1.807) is 18.2 Å². The first-order valence-corrected chi connectivity index (χ1v) is 11.6. The zero-order chi connectivity index (χ0) is 24.7. The lowest BCUT2D eigenvalue weighted by Crippen LogP contribution is -1.96. The van der Waals surface area contributed by atoms with E-state index in [0.717, 1.165) is 11.3 Å². The largest absolute Gasteiger partial charge is 0.494 e. The number of hydrogen-bond donors (Lipinski definition) is 1. The van der Waals surface area contributed by atoms with E-state index in [1.165, 1.54) is 38.5 Å². The Balaban J connectivity index is 1.87. The first-order valence-electron chi connectivity index (χ1n) is 10.2. The number of methoxy groups -OCH3 is 2. The summed E-state index contributed by atoms with van der Waals surface area (Å²) in [5.41, 5.74) is 2.78. The van der Waals surface area contributed by atoms with Crippen molar-refractivity contribution in [2.45, 2.75) is 18.7 Å². The highest BCUT2D eigenvalue weighted by atomic mass is 32.2. The summed E-state index contributed by atoms with van der Waals surface area (Å²) in [6.07, 6.45) is 0. The maximum Gasteiger partial charge on any atom is 0.294 e. The summed E-state index contributed by atoms with van der Waals surface area (Å²) < 4.78 is 47.8. The molecule has 178 valence electrons. The summed E-state index contributed by atoms with van der Waals surface area (Å²) in [6, 6.07) is 14.0. The molecule has 3 aromatic carbocycles. The monoisotopic (exact) mass is 484 g/mol. The zero-order valence-electron chi connectivity index (χ0n) is 19.1. The molecule has 0 radical (unpaired) electrons. The predicted octanol–water partition coefficient (Wildman–Crippen LogP) is 6.49. The van der Waals surface area contributed by atoms with Gasteiger partial charge in [0.15, 0.2) is 0 Å². The third-order valence-electron chi connectivity index (χ3n) is 4.62. The molecule has 0 bridgehead atoms. The Bertz CT molecular complexity index is 1320. The topological polar surface area (TPSA) is 132 Å². The van der Waals surface area contributed by atoms with Gasteiger partial charge in [-0.05, 0) is 61.9 Å². The molecule has 10 nitrogen and oxygen atoms in total. The van der Waals surface area contributed by atoms with Crippen LogP contribution in [0.2, 0.25) is 0 Å². The molecule has 11 heteroatoms. The van der Waals surface area contributed by atoms with Crippen molar-refractivity contribution in [1.82, 2.24) is 0 Å². The van der Waals surface area contributed by atoms with E-state index in [9.17, 15) is 8.42 Å². The Morgan fingerprint density at radius 2 is 1.29 bits per heavy atom. The molecular formula is C23H24N4O6S. The first kappa shape index (κ1) is 24.8. The van der Waals surface area contributed by atoms with Crippen LogP contribution in [0.1, 0.15) is 12.5 Å². The van der Waals surface area contributed by atoms with Gasteiger partial charge in [0.05, 0.1) is 37.1 Å². The molecule has 0 heterocycles. The first-order chi connectivity index (χ1) is 16.2. The quantitative estimate of drug-likeness (QED) is 0.273. The summed E-state index contributed by atoms with van der Waals surface area (Å²) in [5.74, 6) is 1.59. The smallest absolute Gasteiger partial charge is 0.294 e. The minimum atomic E-state index is -4.28. The second-order valence-electron chi connectivity index (χ2n) is 6.95. The molecule has 0 saturated carbocycles. The van der Waals surface area contributed by atoms with Crippen molar-refractivity contribution in [3.8, 4) is 17.2 Å². The summed E-state index contributed by atoms with van der Waals surface area (Å²) in [5, 5.41) is 16.8. The highest BCUT2D eigenvalue weighted by molar-refractivity contribution is 7.85. The molecule has 0 unspecified atom stereocenters. The van der Waals surface area contributed by atoms with Crippen LogP contribution in [0.4, 0.5) is 22.7 Å². The lowest BCUT2D eigenvalue weighted by atomic mass is 10.2. The van der Waals surface area contributed by atoms with E-state index < -0.39 is 10.1 Å². The fourth-order valence-corrected chi connectivity index (χ4v) is 3.42. The average Bonchev–Trinajstić information content (AvgIpc) is 2.82. The second kappa shape index (κ2) is 10.9. The van der Waals surface area contributed by atoms with E-state index in [-0.39, 0.29) is 4.90 Å². The number of azo groups is 2. The zero-order valence-corrected chi connectivity index (χ0v) is 19.9.